The number of halogens is 2. The van der Waals surface area contributed by atoms with Crippen LogP contribution in [0.1, 0.15) is 10.4 Å². The predicted molar refractivity (Wildman–Crippen MR) is 66.3 cm³/mol. The molecule has 100 valence electrons. The third kappa shape index (κ3) is 3.47. The van der Waals surface area contributed by atoms with E-state index in [1.165, 1.54) is 35.6 Å². The number of carbonyl (C=O) groups is 1. The summed E-state index contributed by atoms with van der Waals surface area (Å²) in [5.41, 5.74) is 0.201. The second-order valence-electron chi connectivity index (χ2n) is 3.62. The molecule has 7 heteroatoms. The van der Waals surface area contributed by atoms with Gasteiger partial charge in [-0.15, -0.1) is 11.3 Å². The Morgan fingerprint density at radius 3 is 2.89 bits per heavy atom. The van der Waals surface area contributed by atoms with E-state index in [-0.39, 0.29) is 11.3 Å². The quantitative estimate of drug-likeness (QED) is 0.869. The van der Waals surface area contributed by atoms with Gasteiger partial charge in [0, 0.05) is 24.2 Å². The van der Waals surface area contributed by atoms with Crippen molar-refractivity contribution >= 4 is 17.2 Å². The largest absolute Gasteiger partial charge is 0.435 e. The van der Waals surface area contributed by atoms with Gasteiger partial charge >= 0.3 is 6.61 Å². The van der Waals surface area contributed by atoms with Crippen LogP contribution in [-0.2, 0) is 7.05 Å². The minimum atomic E-state index is -2.92. The topological polar surface area (TPSA) is 43.6 Å². The molecule has 1 aromatic heterocycles. The van der Waals surface area contributed by atoms with E-state index in [9.17, 15) is 13.6 Å². The number of alkyl halides is 2. The zero-order valence-corrected chi connectivity index (χ0v) is 10.7. The number of aromatic nitrogens is 1. The predicted octanol–water partition coefficient (Wildman–Crippen LogP) is 2.43. The van der Waals surface area contributed by atoms with E-state index in [0.29, 0.717) is 4.80 Å². The van der Waals surface area contributed by atoms with Gasteiger partial charge < -0.3 is 9.30 Å². The number of nitrogens with zero attached hydrogens (tertiary/aromatic N) is 2. The van der Waals surface area contributed by atoms with E-state index in [4.69, 9.17) is 0 Å². The molecule has 0 aliphatic heterocycles. The monoisotopic (exact) mass is 284 g/mol. The number of thiazole rings is 1. The first-order valence-corrected chi connectivity index (χ1v) is 6.18. The van der Waals surface area contributed by atoms with Gasteiger partial charge in [0.05, 0.1) is 0 Å². The molecule has 1 heterocycles. The minimum Gasteiger partial charge on any atom is -0.435 e. The van der Waals surface area contributed by atoms with Crippen LogP contribution in [0, 0.1) is 0 Å². The van der Waals surface area contributed by atoms with E-state index in [0.717, 1.165) is 0 Å². The number of benzene rings is 1. The molecule has 0 radical (unpaired) electrons. The highest BCUT2D eigenvalue weighted by molar-refractivity contribution is 7.07. The van der Waals surface area contributed by atoms with Crippen molar-refractivity contribution < 1.29 is 18.3 Å². The summed E-state index contributed by atoms with van der Waals surface area (Å²) in [5, 5.41) is 1.79. The van der Waals surface area contributed by atoms with Crippen LogP contribution >= 0.6 is 11.3 Å². The van der Waals surface area contributed by atoms with Crippen molar-refractivity contribution in [1.82, 2.24) is 4.57 Å². The number of ether oxygens (including phenoxy) is 1. The molecule has 2 aromatic rings. The van der Waals surface area contributed by atoms with Gasteiger partial charge in [-0.25, -0.2) is 0 Å². The third-order valence-electron chi connectivity index (χ3n) is 2.26. The van der Waals surface area contributed by atoms with E-state index < -0.39 is 12.5 Å². The fourth-order valence-electron chi connectivity index (χ4n) is 1.39. The molecule has 0 aliphatic carbocycles. The third-order valence-corrected chi connectivity index (χ3v) is 3.11. The molecule has 0 atom stereocenters. The van der Waals surface area contributed by atoms with Crippen LogP contribution in [0.15, 0.2) is 40.8 Å². The van der Waals surface area contributed by atoms with Crippen LogP contribution in [0.3, 0.4) is 0 Å². The number of hydrogen-bond acceptors (Lipinski definition) is 3. The lowest BCUT2D eigenvalue weighted by Crippen LogP contribution is -2.12. The Hall–Kier alpha value is -2.02. The standard InChI is InChI=1S/C12H10F2N2O2S/c1-16-5-6-19-12(16)15-10(17)8-3-2-4-9(7-8)18-11(13)14/h2-7,11H,1H3. The molecule has 0 spiro atoms. The zero-order chi connectivity index (χ0) is 13.8. The maximum Gasteiger partial charge on any atom is 0.387 e. The highest BCUT2D eigenvalue weighted by Crippen LogP contribution is 2.16. The first kappa shape index (κ1) is 13.4. The minimum absolute atomic E-state index is 0.0633. The molecule has 0 saturated heterocycles. The summed E-state index contributed by atoms with van der Waals surface area (Å²) < 4.78 is 30.1. The Labute approximate surface area is 111 Å². The molecule has 0 saturated carbocycles. The van der Waals surface area contributed by atoms with Crippen molar-refractivity contribution in [1.29, 1.82) is 0 Å². The Balaban J connectivity index is 2.27. The summed E-state index contributed by atoms with van der Waals surface area (Å²) in [6, 6.07) is 5.56. The molecule has 0 bridgehead atoms. The fraction of sp³-hybridized carbons (Fsp3) is 0.167. The van der Waals surface area contributed by atoms with Crippen molar-refractivity contribution in [2.45, 2.75) is 6.61 Å². The van der Waals surface area contributed by atoms with Gasteiger partial charge in [0.1, 0.15) is 5.75 Å². The molecule has 1 amide bonds. The molecule has 0 unspecified atom stereocenters. The summed E-state index contributed by atoms with van der Waals surface area (Å²) in [4.78, 5) is 16.3. The lowest BCUT2D eigenvalue weighted by Gasteiger charge is -2.04. The zero-order valence-electron chi connectivity index (χ0n) is 9.92. The van der Waals surface area contributed by atoms with Crippen molar-refractivity contribution in [3.63, 3.8) is 0 Å². The summed E-state index contributed by atoms with van der Waals surface area (Å²) in [7, 11) is 1.76. The maximum atomic E-state index is 12.1. The van der Waals surface area contributed by atoms with Crippen molar-refractivity contribution in [3.8, 4) is 5.75 Å². The van der Waals surface area contributed by atoms with Gasteiger partial charge in [-0.2, -0.15) is 13.8 Å². The van der Waals surface area contributed by atoms with E-state index in [2.05, 4.69) is 9.73 Å². The maximum absolute atomic E-state index is 12.1. The fourth-order valence-corrected chi connectivity index (χ4v) is 2.12. The van der Waals surface area contributed by atoms with Crippen molar-refractivity contribution in [2.24, 2.45) is 12.0 Å². The smallest absolute Gasteiger partial charge is 0.387 e. The molecule has 2 rings (SSSR count). The number of aryl methyl sites for hydroxylation is 1. The molecular weight excluding hydrogens is 274 g/mol. The average molecular weight is 284 g/mol. The van der Waals surface area contributed by atoms with Crippen LogP contribution in [0.2, 0.25) is 0 Å². The number of hydrogen-bond donors (Lipinski definition) is 0. The molecule has 1 aromatic carbocycles. The van der Waals surface area contributed by atoms with Crippen molar-refractivity contribution in [3.05, 3.63) is 46.2 Å². The Bertz CT molecular complexity index is 649. The lowest BCUT2D eigenvalue weighted by molar-refractivity contribution is -0.0498. The van der Waals surface area contributed by atoms with Gasteiger partial charge in [-0.3, -0.25) is 4.79 Å². The van der Waals surface area contributed by atoms with Gasteiger partial charge in [-0.1, -0.05) is 6.07 Å². The summed E-state index contributed by atoms with van der Waals surface area (Å²) in [6.07, 6.45) is 1.77. The summed E-state index contributed by atoms with van der Waals surface area (Å²) in [5.74, 6) is -0.565. The average Bonchev–Trinajstić information content (AvgIpc) is 2.74. The second-order valence-corrected chi connectivity index (χ2v) is 4.49. The Kier molecular flexibility index (Phi) is 4.06. The Morgan fingerprint density at radius 2 is 2.26 bits per heavy atom. The van der Waals surface area contributed by atoms with Gasteiger partial charge in [0.15, 0.2) is 4.80 Å². The number of amides is 1. The van der Waals surface area contributed by atoms with E-state index in [1.807, 2.05) is 0 Å². The molecule has 0 aliphatic rings. The van der Waals surface area contributed by atoms with Gasteiger partial charge in [0.25, 0.3) is 5.91 Å². The van der Waals surface area contributed by atoms with E-state index in [1.54, 1.807) is 23.2 Å². The van der Waals surface area contributed by atoms with Crippen LogP contribution in [0.4, 0.5) is 8.78 Å². The van der Waals surface area contributed by atoms with Crippen LogP contribution < -0.4 is 9.54 Å². The molecule has 0 fully saturated rings. The normalized spacial score (nSPS) is 11.9. The first-order chi connectivity index (χ1) is 9.06. The molecule has 19 heavy (non-hydrogen) atoms. The van der Waals surface area contributed by atoms with Crippen LogP contribution in [-0.4, -0.2) is 17.1 Å². The summed E-state index contributed by atoms with van der Waals surface area (Å²) in [6.45, 7) is -2.92. The Morgan fingerprint density at radius 1 is 1.47 bits per heavy atom. The number of rotatable bonds is 3. The highest BCUT2D eigenvalue weighted by atomic mass is 32.1. The number of carbonyl (C=O) groups excluding carboxylic acids is 1. The van der Waals surface area contributed by atoms with Gasteiger partial charge in [-0.05, 0) is 18.2 Å². The SMILES string of the molecule is Cn1ccsc1=NC(=O)c1cccc(OC(F)F)c1. The first-order valence-electron chi connectivity index (χ1n) is 5.30. The summed E-state index contributed by atoms with van der Waals surface area (Å²) >= 11 is 1.31. The molecule has 0 N–H and O–H groups in total. The molecular formula is C12H10F2N2O2S. The molecule has 4 nitrogen and oxygen atoms in total. The van der Waals surface area contributed by atoms with E-state index >= 15 is 0 Å². The van der Waals surface area contributed by atoms with Crippen molar-refractivity contribution in [2.75, 3.05) is 0 Å². The second kappa shape index (κ2) is 5.75. The van der Waals surface area contributed by atoms with Crippen LogP contribution in [0.25, 0.3) is 0 Å². The highest BCUT2D eigenvalue weighted by Gasteiger charge is 2.09. The van der Waals surface area contributed by atoms with Gasteiger partial charge in [0.2, 0.25) is 0 Å². The lowest BCUT2D eigenvalue weighted by atomic mass is 10.2. The van der Waals surface area contributed by atoms with Crippen LogP contribution in [0.5, 0.6) is 5.75 Å².